The van der Waals surface area contributed by atoms with Gasteiger partial charge in [0.2, 0.25) is 0 Å². The van der Waals surface area contributed by atoms with Gasteiger partial charge in [0.05, 0.1) is 13.2 Å². The molecule has 0 aliphatic heterocycles. The van der Waals surface area contributed by atoms with Gasteiger partial charge >= 0.3 is 5.97 Å². The minimum Gasteiger partial charge on any atom is -0.469 e. The van der Waals surface area contributed by atoms with Crippen molar-refractivity contribution >= 4 is 22.6 Å². The van der Waals surface area contributed by atoms with Gasteiger partial charge in [-0.2, -0.15) is 0 Å². The lowest BCUT2D eigenvalue weighted by Gasteiger charge is -2.38. The van der Waals surface area contributed by atoms with Crippen LogP contribution in [0, 0.1) is 11.8 Å². The Bertz CT molecular complexity index is 830. The fourth-order valence-corrected chi connectivity index (χ4v) is 5.50. The zero-order chi connectivity index (χ0) is 30.0. The molecule has 0 aromatic carbocycles. The van der Waals surface area contributed by atoms with Crippen molar-refractivity contribution in [3.8, 4) is 11.8 Å². The van der Waals surface area contributed by atoms with E-state index in [2.05, 4.69) is 121 Å². The molecule has 224 valence electrons. The first-order valence-electron chi connectivity index (χ1n) is 14.9. The highest BCUT2D eigenvalue weighted by atomic mass is 28.4. The average molecular weight is 577 g/mol. The fourth-order valence-electron chi connectivity index (χ4n) is 3.13. The molecule has 0 bridgehead atoms. The first kappa shape index (κ1) is 37.6. The largest absolute Gasteiger partial charge is 0.469 e. The van der Waals surface area contributed by atoms with Crippen molar-refractivity contribution in [1.82, 2.24) is 0 Å². The summed E-state index contributed by atoms with van der Waals surface area (Å²) in [4.78, 5) is 11.1. The minimum absolute atomic E-state index is 0.0779. The highest BCUT2D eigenvalue weighted by Crippen LogP contribution is 2.38. The smallest absolute Gasteiger partial charge is 0.305 e. The molecule has 0 saturated carbocycles. The Morgan fingerprint density at radius 1 is 0.821 bits per heavy atom. The zero-order valence-electron chi connectivity index (χ0n) is 27.2. The summed E-state index contributed by atoms with van der Waals surface area (Å²) in [5.74, 6) is 6.08. The van der Waals surface area contributed by atoms with E-state index in [4.69, 9.17) is 8.85 Å². The molecule has 6 heteroatoms. The summed E-state index contributed by atoms with van der Waals surface area (Å²) in [7, 11) is -2.07. The van der Waals surface area contributed by atoms with Crippen LogP contribution in [0.3, 0.4) is 0 Å². The molecule has 4 nitrogen and oxygen atoms in total. The van der Waals surface area contributed by atoms with E-state index in [0.29, 0.717) is 12.8 Å². The van der Waals surface area contributed by atoms with Gasteiger partial charge in [-0.15, -0.1) is 5.92 Å². The summed E-state index contributed by atoms with van der Waals surface area (Å²) in [6.07, 6.45) is 21.2. The van der Waals surface area contributed by atoms with Crippen molar-refractivity contribution in [3.05, 3.63) is 36.5 Å². The van der Waals surface area contributed by atoms with E-state index in [1.807, 2.05) is 0 Å². The lowest BCUT2D eigenvalue weighted by Crippen LogP contribution is -2.43. The summed E-state index contributed by atoms with van der Waals surface area (Å²) in [6, 6.07) is 0. The monoisotopic (exact) mass is 576 g/mol. The lowest BCUT2D eigenvalue weighted by atomic mass is 10.1. The fraction of sp³-hybridized carbons (Fsp3) is 0.727. The van der Waals surface area contributed by atoms with Crippen molar-refractivity contribution in [2.45, 2.75) is 142 Å². The summed E-state index contributed by atoms with van der Waals surface area (Å²) in [6.45, 7) is 23.9. The van der Waals surface area contributed by atoms with Crippen molar-refractivity contribution < 1.29 is 18.4 Å². The number of esters is 1. The van der Waals surface area contributed by atoms with E-state index in [0.717, 1.165) is 38.7 Å². The third-order valence-corrected chi connectivity index (χ3v) is 16.9. The first-order valence-corrected chi connectivity index (χ1v) is 20.7. The van der Waals surface area contributed by atoms with Gasteiger partial charge in [-0.25, -0.2) is 0 Å². The second-order valence-corrected chi connectivity index (χ2v) is 22.9. The molecular formula is C33H60O4Si2. The highest BCUT2D eigenvalue weighted by Gasteiger charge is 2.38. The quantitative estimate of drug-likeness (QED) is 0.0432. The normalized spacial score (nSPS) is 14.2. The number of carbonyl (C=O) groups is 1. The van der Waals surface area contributed by atoms with Crippen LogP contribution < -0.4 is 0 Å². The van der Waals surface area contributed by atoms with Crippen molar-refractivity contribution in [2.75, 3.05) is 13.7 Å². The Morgan fingerprint density at radius 3 is 2.10 bits per heavy atom. The van der Waals surface area contributed by atoms with Crippen LogP contribution in [0.2, 0.25) is 36.3 Å². The van der Waals surface area contributed by atoms with Gasteiger partial charge in [-0.05, 0) is 68.4 Å². The molecule has 39 heavy (non-hydrogen) atoms. The third-order valence-electron chi connectivity index (χ3n) is 7.90. The molecule has 0 unspecified atom stereocenters. The molecule has 0 aromatic heterocycles. The van der Waals surface area contributed by atoms with Crippen LogP contribution in [0.25, 0.3) is 0 Å². The molecule has 1 atom stereocenters. The SMILES string of the molecule is COC(=O)CCCC#CC/C=C\C=C\[C@H](C/C=C\CCCCCO[Si](C)(C)C(C)(C)C)O[Si](C)(C)C(C)(C)C. The standard InChI is InChI=1S/C33H60O4Si2/c1-32(2,3)38(8,9)36-29-25-21-17-16-19-23-27-30(37-39(10,11)33(4,5)6)26-22-18-14-12-13-15-20-24-28-31(34)35-7/h14,18-19,22-23,26,30H,12,16-17,20-21,24-25,27-29H2,1-11H3/b18-14-,23-19-,26-22+/t30-/m1/s1. The number of carbonyl (C=O) groups excluding carboxylic acids is 1. The van der Waals surface area contributed by atoms with Gasteiger partial charge in [0, 0.05) is 25.9 Å². The topological polar surface area (TPSA) is 44.8 Å². The Morgan fingerprint density at radius 2 is 1.49 bits per heavy atom. The van der Waals surface area contributed by atoms with Crippen LogP contribution in [0.5, 0.6) is 0 Å². The summed E-state index contributed by atoms with van der Waals surface area (Å²) in [5.41, 5.74) is 0. The van der Waals surface area contributed by atoms with Gasteiger partial charge < -0.3 is 13.6 Å². The molecule has 0 aliphatic carbocycles. The molecule has 0 spiro atoms. The summed E-state index contributed by atoms with van der Waals surface area (Å²) < 4.78 is 17.6. The number of unbranched alkanes of at least 4 members (excludes halogenated alkanes) is 4. The lowest BCUT2D eigenvalue weighted by molar-refractivity contribution is -0.140. The van der Waals surface area contributed by atoms with E-state index in [9.17, 15) is 4.79 Å². The maximum atomic E-state index is 11.1. The van der Waals surface area contributed by atoms with Crippen LogP contribution >= 0.6 is 0 Å². The highest BCUT2D eigenvalue weighted by molar-refractivity contribution is 6.74. The molecule has 0 saturated heterocycles. The molecule has 0 aliphatic rings. The van der Waals surface area contributed by atoms with Crippen LogP contribution in [-0.4, -0.2) is 42.4 Å². The molecule has 0 fully saturated rings. The van der Waals surface area contributed by atoms with Crippen LogP contribution in [0.4, 0.5) is 0 Å². The zero-order valence-corrected chi connectivity index (χ0v) is 29.2. The predicted molar refractivity (Wildman–Crippen MR) is 174 cm³/mol. The van der Waals surface area contributed by atoms with Crippen LogP contribution in [0.1, 0.15) is 99.3 Å². The molecule has 0 radical (unpaired) electrons. The van der Waals surface area contributed by atoms with Crippen molar-refractivity contribution in [2.24, 2.45) is 0 Å². The number of methoxy groups -OCH3 is 1. The minimum atomic E-state index is -1.87. The second kappa shape index (κ2) is 18.9. The maximum Gasteiger partial charge on any atom is 0.305 e. The van der Waals surface area contributed by atoms with E-state index in [1.165, 1.54) is 20.0 Å². The van der Waals surface area contributed by atoms with E-state index in [1.54, 1.807) is 0 Å². The number of hydrogen-bond acceptors (Lipinski definition) is 4. The van der Waals surface area contributed by atoms with Gasteiger partial charge in [0.25, 0.3) is 0 Å². The maximum absolute atomic E-state index is 11.1. The van der Waals surface area contributed by atoms with Gasteiger partial charge in [-0.1, -0.05) is 90.3 Å². The Balaban J connectivity index is 4.64. The van der Waals surface area contributed by atoms with E-state index < -0.39 is 16.6 Å². The Labute approximate surface area is 244 Å². The third kappa shape index (κ3) is 17.8. The summed E-state index contributed by atoms with van der Waals surface area (Å²) in [5, 5.41) is 0.458. The molecule has 0 heterocycles. The molecular weight excluding hydrogens is 517 g/mol. The van der Waals surface area contributed by atoms with Crippen LogP contribution in [-0.2, 0) is 18.4 Å². The van der Waals surface area contributed by atoms with Crippen LogP contribution in [0.15, 0.2) is 36.5 Å². The number of rotatable bonds is 17. The predicted octanol–water partition coefficient (Wildman–Crippen LogP) is 9.75. The first-order chi connectivity index (χ1) is 18.0. The number of hydrogen-bond donors (Lipinski definition) is 0. The van der Waals surface area contributed by atoms with E-state index >= 15 is 0 Å². The van der Waals surface area contributed by atoms with Gasteiger partial charge in [0.1, 0.15) is 0 Å². The average Bonchev–Trinajstić information content (AvgIpc) is 2.81. The van der Waals surface area contributed by atoms with E-state index in [-0.39, 0.29) is 22.1 Å². The second-order valence-electron chi connectivity index (χ2n) is 13.4. The molecule has 0 rings (SSSR count). The van der Waals surface area contributed by atoms with Crippen molar-refractivity contribution in [3.63, 3.8) is 0 Å². The molecule has 0 amide bonds. The number of ether oxygens (including phenoxy) is 1. The molecule has 0 N–H and O–H groups in total. The Hall–Kier alpha value is -1.40. The molecule has 0 aromatic rings. The van der Waals surface area contributed by atoms with Gasteiger partial charge in [0.15, 0.2) is 16.6 Å². The number of allylic oxidation sites excluding steroid dienone is 4. The van der Waals surface area contributed by atoms with Gasteiger partial charge in [-0.3, -0.25) is 4.79 Å². The summed E-state index contributed by atoms with van der Waals surface area (Å²) >= 11 is 0. The van der Waals surface area contributed by atoms with Crippen molar-refractivity contribution in [1.29, 1.82) is 0 Å². The Kier molecular flexibility index (Phi) is 18.2.